The van der Waals surface area contributed by atoms with Crippen LogP contribution in [0.2, 0.25) is 0 Å². The second-order valence-corrected chi connectivity index (χ2v) is 12.7. The summed E-state index contributed by atoms with van der Waals surface area (Å²) in [6.45, 7) is 3.71. The summed E-state index contributed by atoms with van der Waals surface area (Å²) in [5.74, 6) is 0.278. The van der Waals surface area contributed by atoms with Crippen LogP contribution in [0.15, 0.2) is 0 Å². The lowest BCUT2D eigenvalue weighted by molar-refractivity contribution is -0.298. The van der Waals surface area contributed by atoms with E-state index in [1.165, 1.54) is 0 Å². The molecular weight excluding hydrogens is 456 g/mol. The summed E-state index contributed by atoms with van der Waals surface area (Å²) < 4.78 is 11.1. The predicted octanol–water partition coefficient (Wildman–Crippen LogP) is 0.322. The second kappa shape index (κ2) is 8.89. The van der Waals surface area contributed by atoms with E-state index < -0.39 is 54.8 Å². The fourth-order valence-electron chi connectivity index (χ4n) is 9.35. The minimum absolute atomic E-state index is 0.128. The number of aliphatic hydroxyl groups is 6. The van der Waals surface area contributed by atoms with Crippen LogP contribution in [0.1, 0.15) is 65.2 Å². The highest BCUT2D eigenvalue weighted by atomic mass is 16.7. The van der Waals surface area contributed by atoms with Crippen molar-refractivity contribution in [1.82, 2.24) is 0 Å². The number of aliphatic hydroxyl groups excluding tert-OH is 6. The third kappa shape index (κ3) is 3.64. The van der Waals surface area contributed by atoms with Crippen LogP contribution in [0.5, 0.6) is 0 Å². The number of hydrogen-bond acceptors (Lipinski definition) is 9. The van der Waals surface area contributed by atoms with Crippen molar-refractivity contribution < 1.29 is 44.9 Å². The van der Waals surface area contributed by atoms with Crippen molar-refractivity contribution in [2.75, 3.05) is 13.2 Å². The summed E-state index contributed by atoms with van der Waals surface area (Å²) in [5, 5.41) is 61.6. The van der Waals surface area contributed by atoms with E-state index in [4.69, 9.17) is 9.47 Å². The van der Waals surface area contributed by atoms with Gasteiger partial charge in [0.05, 0.1) is 18.1 Å². The fourth-order valence-corrected chi connectivity index (χ4v) is 9.35. The Balaban J connectivity index is 1.40. The highest BCUT2D eigenvalue weighted by molar-refractivity contribution is 5.77. The van der Waals surface area contributed by atoms with E-state index in [0.29, 0.717) is 18.8 Å². The molecule has 9 nitrogen and oxygen atoms in total. The van der Waals surface area contributed by atoms with Crippen molar-refractivity contribution in [2.24, 2.45) is 39.9 Å². The Kier molecular flexibility index (Phi) is 6.56. The standard InChI is InChI=1S/C26H42O9/c1-24-6-3-7-25(2,23(33)35-22-21(32)20(31)19(30)15(12-28)34-22)17(24)8-18(29)26-9-13(4-5-16(24)26)14(10-26)11-27/h13-22,27-32H,3-12H2,1-2H3. The highest BCUT2D eigenvalue weighted by Gasteiger charge is 2.69. The van der Waals surface area contributed by atoms with E-state index in [1.54, 1.807) is 0 Å². The number of carbonyl (C=O) groups excluding carboxylic acids is 1. The Bertz CT molecular complexity index is 821. The van der Waals surface area contributed by atoms with Crippen LogP contribution in [-0.4, -0.2) is 86.6 Å². The van der Waals surface area contributed by atoms with Crippen LogP contribution < -0.4 is 0 Å². The Morgan fingerprint density at radius 1 is 0.943 bits per heavy atom. The molecule has 13 atom stereocenters. The molecule has 1 saturated heterocycles. The molecule has 5 fully saturated rings. The first-order valence-corrected chi connectivity index (χ1v) is 13.3. The highest BCUT2D eigenvalue weighted by Crippen LogP contribution is 2.72. The van der Waals surface area contributed by atoms with Gasteiger partial charge < -0.3 is 40.1 Å². The van der Waals surface area contributed by atoms with E-state index in [9.17, 15) is 35.4 Å². The molecule has 0 amide bonds. The van der Waals surface area contributed by atoms with Crippen LogP contribution in [0, 0.1) is 39.9 Å². The molecule has 1 heterocycles. The number of fused-ring (bicyclic) bond motifs is 3. The summed E-state index contributed by atoms with van der Waals surface area (Å²) >= 11 is 0. The van der Waals surface area contributed by atoms with E-state index in [-0.39, 0.29) is 35.2 Å². The Hall–Kier alpha value is -0.810. The minimum atomic E-state index is -1.64. The molecule has 200 valence electrons. The molecule has 1 aliphatic heterocycles. The molecule has 0 aromatic rings. The first-order valence-electron chi connectivity index (χ1n) is 13.3. The monoisotopic (exact) mass is 498 g/mol. The minimum Gasteiger partial charge on any atom is -0.432 e. The largest absolute Gasteiger partial charge is 0.432 e. The molecule has 35 heavy (non-hydrogen) atoms. The maximum atomic E-state index is 13.7. The molecule has 4 aliphatic carbocycles. The van der Waals surface area contributed by atoms with Crippen molar-refractivity contribution in [3.63, 3.8) is 0 Å². The van der Waals surface area contributed by atoms with Crippen LogP contribution in [0.4, 0.5) is 0 Å². The summed E-state index contributed by atoms with van der Waals surface area (Å²) in [4.78, 5) is 13.7. The van der Waals surface area contributed by atoms with Crippen LogP contribution in [0.3, 0.4) is 0 Å². The van der Waals surface area contributed by atoms with Gasteiger partial charge in [-0.25, -0.2) is 0 Å². The number of esters is 1. The summed E-state index contributed by atoms with van der Waals surface area (Å²) in [5.41, 5.74) is -1.29. The molecule has 9 heteroatoms. The van der Waals surface area contributed by atoms with Gasteiger partial charge in [0, 0.05) is 12.0 Å². The molecule has 5 rings (SSSR count). The first-order chi connectivity index (χ1) is 16.5. The van der Waals surface area contributed by atoms with Gasteiger partial charge in [0.15, 0.2) is 0 Å². The van der Waals surface area contributed by atoms with Crippen molar-refractivity contribution in [3.8, 4) is 0 Å². The Labute approximate surface area is 206 Å². The topological polar surface area (TPSA) is 157 Å². The second-order valence-electron chi connectivity index (χ2n) is 12.7. The summed E-state index contributed by atoms with van der Waals surface area (Å²) in [6.07, 6.45) is -1.30. The molecule has 5 aliphatic rings. The van der Waals surface area contributed by atoms with Crippen molar-refractivity contribution in [3.05, 3.63) is 0 Å². The van der Waals surface area contributed by atoms with Crippen LogP contribution in [0.25, 0.3) is 0 Å². The average molecular weight is 499 g/mol. The van der Waals surface area contributed by atoms with Gasteiger partial charge in [-0.05, 0) is 81.0 Å². The number of hydrogen-bond donors (Lipinski definition) is 6. The molecule has 6 N–H and O–H groups in total. The van der Waals surface area contributed by atoms with Gasteiger partial charge in [-0.2, -0.15) is 0 Å². The number of ether oxygens (including phenoxy) is 2. The van der Waals surface area contributed by atoms with Crippen molar-refractivity contribution in [2.45, 2.75) is 102 Å². The molecule has 2 bridgehead atoms. The van der Waals surface area contributed by atoms with Crippen molar-refractivity contribution >= 4 is 5.97 Å². The van der Waals surface area contributed by atoms with Crippen LogP contribution >= 0.6 is 0 Å². The lowest BCUT2D eigenvalue weighted by Gasteiger charge is -2.65. The lowest BCUT2D eigenvalue weighted by Crippen LogP contribution is -2.64. The quantitative estimate of drug-likeness (QED) is 0.300. The molecule has 13 unspecified atom stereocenters. The molecule has 4 saturated carbocycles. The zero-order chi connectivity index (χ0) is 25.3. The van der Waals surface area contributed by atoms with E-state index in [0.717, 1.165) is 38.5 Å². The van der Waals surface area contributed by atoms with E-state index >= 15 is 0 Å². The van der Waals surface area contributed by atoms with E-state index in [2.05, 4.69) is 6.92 Å². The van der Waals surface area contributed by atoms with Gasteiger partial charge in [0.2, 0.25) is 6.29 Å². The third-order valence-electron chi connectivity index (χ3n) is 11.1. The van der Waals surface area contributed by atoms with Gasteiger partial charge in [-0.1, -0.05) is 13.3 Å². The Morgan fingerprint density at radius 2 is 1.69 bits per heavy atom. The SMILES string of the molecule is CC1(C(=O)OC2OC(CO)C(O)C(O)C2O)CCCC2(C)C1CC(O)C13CC(CO)C(CCC21)C3. The van der Waals surface area contributed by atoms with Crippen LogP contribution in [-0.2, 0) is 14.3 Å². The maximum absolute atomic E-state index is 13.7. The lowest BCUT2D eigenvalue weighted by atomic mass is 9.40. The van der Waals surface area contributed by atoms with Gasteiger partial charge in [-0.15, -0.1) is 0 Å². The van der Waals surface area contributed by atoms with Crippen molar-refractivity contribution in [1.29, 1.82) is 0 Å². The van der Waals surface area contributed by atoms with Gasteiger partial charge in [0.1, 0.15) is 24.4 Å². The molecular formula is C26H42O9. The zero-order valence-electron chi connectivity index (χ0n) is 20.8. The van der Waals surface area contributed by atoms with Gasteiger partial charge >= 0.3 is 5.97 Å². The zero-order valence-corrected chi connectivity index (χ0v) is 20.8. The fraction of sp³-hybridized carbons (Fsp3) is 0.962. The molecule has 0 aromatic heterocycles. The molecule has 0 aromatic carbocycles. The number of rotatable bonds is 4. The molecule has 1 spiro atoms. The van der Waals surface area contributed by atoms with E-state index in [1.807, 2.05) is 6.92 Å². The summed E-state index contributed by atoms with van der Waals surface area (Å²) in [7, 11) is 0. The first kappa shape index (κ1) is 25.8. The smallest absolute Gasteiger partial charge is 0.314 e. The predicted molar refractivity (Wildman–Crippen MR) is 122 cm³/mol. The maximum Gasteiger partial charge on any atom is 0.314 e. The van der Waals surface area contributed by atoms with Gasteiger partial charge in [0.25, 0.3) is 0 Å². The molecule has 0 radical (unpaired) electrons. The Morgan fingerprint density at radius 3 is 2.37 bits per heavy atom. The average Bonchev–Trinajstić information content (AvgIpc) is 3.12. The number of carbonyl (C=O) groups is 1. The third-order valence-corrected chi connectivity index (χ3v) is 11.1. The summed E-state index contributed by atoms with van der Waals surface area (Å²) in [6, 6.07) is 0. The van der Waals surface area contributed by atoms with Gasteiger partial charge in [-0.3, -0.25) is 4.79 Å². The normalized spacial score (nSPS) is 55.7.